The van der Waals surface area contributed by atoms with Gasteiger partial charge < -0.3 is 36.9 Å². The Kier molecular flexibility index (Phi) is 10.8. The zero-order chi connectivity index (χ0) is 28.4. The fourth-order valence-corrected chi connectivity index (χ4v) is 4.49. The molecule has 8 N–H and O–H groups in total. The first kappa shape index (κ1) is 29.5. The van der Waals surface area contributed by atoms with Crippen LogP contribution in [0.5, 0.6) is 5.75 Å². The molecule has 0 bridgehead atoms. The number of carboxylic acids is 1. The average Bonchev–Trinajstić information content (AvgIpc) is 3.33. The zero-order valence-electron chi connectivity index (χ0n) is 21.5. The van der Waals surface area contributed by atoms with E-state index in [1.54, 1.807) is 18.3 Å². The van der Waals surface area contributed by atoms with Crippen molar-refractivity contribution in [3.05, 3.63) is 65.9 Å². The third-order valence-electron chi connectivity index (χ3n) is 6.13. The Hall–Kier alpha value is -4.03. The van der Waals surface area contributed by atoms with Crippen LogP contribution in [-0.4, -0.2) is 75.6 Å². The number of rotatable bonds is 14. The second-order valence-electron chi connectivity index (χ2n) is 9.06. The van der Waals surface area contributed by atoms with E-state index >= 15 is 0 Å². The summed E-state index contributed by atoms with van der Waals surface area (Å²) in [5.74, 6) is -2.34. The molecule has 0 fully saturated rings. The van der Waals surface area contributed by atoms with Crippen molar-refractivity contribution in [2.45, 2.75) is 37.4 Å². The van der Waals surface area contributed by atoms with Gasteiger partial charge in [0.1, 0.15) is 17.8 Å². The highest BCUT2D eigenvalue weighted by atomic mass is 32.2. The molecular weight excluding hydrogens is 522 g/mol. The molecular formula is C27H33N5O6S. The van der Waals surface area contributed by atoms with Gasteiger partial charge in [0.25, 0.3) is 0 Å². The van der Waals surface area contributed by atoms with Gasteiger partial charge >= 0.3 is 5.97 Å². The van der Waals surface area contributed by atoms with Crippen LogP contribution in [0.15, 0.2) is 54.7 Å². The lowest BCUT2D eigenvalue weighted by molar-refractivity contribution is -0.141. The number of carboxylic acid groups (broad SMARTS) is 1. The standard InChI is InChI=1S/C27H33N5O6S/c1-39-11-10-22(27(37)38)31-24(34)15-30-26(36)23(13-17-14-29-21-5-3-2-4-19(17)21)32-25(35)20(28)12-16-6-8-18(33)9-7-16/h2-9,14,20,22-23,29,33H,10-13,15,28H2,1H3,(H,30,36)(H,31,34)(H,32,35)(H,37,38). The van der Waals surface area contributed by atoms with Gasteiger partial charge in [0.05, 0.1) is 12.6 Å². The highest BCUT2D eigenvalue weighted by Crippen LogP contribution is 2.19. The summed E-state index contributed by atoms with van der Waals surface area (Å²) in [5, 5.41) is 27.3. The van der Waals surface area contributed by atoms with E-state index in [1.807, 2.05) is 30.5 Å². The van der Waals surface area contributed by atoms with Crippen molar-refractivity contribution < 1.29 is 29.4 Å². The smallest absolute Gasteiger partial charge is 0.326 e. The Labute approximate surface area is 229 Å². The van der Waals surface area contributed by atoms with Crippen LogP contribution in [0.3, 0.4) is 0 Å². The summed E-state index contributed by atoms with van der Waals surface area (Å²) in [6.45, 7) is -0.457. The molecule has 0 radical (unpaired) electrons. The molecule has 12 heteroatoms. The Morgan fingerprint density at radius 1 is 0.974 bits per heavy atom. The number of aromatic hydroxyl groups is 1. The van der Waals surface area contributed by atoms with Crippen LogP contribution in [0.25, 0.3) is 10.9 Å². The number of thioether (sulfide) groups is 1. The SMILES string of the molecule is CSCCC(NC(=O)CNC(=O)C(Cc1c[nH]c2ccccc12)NC(=O)C(N)Cc1ccc(O)cc1)C(=O)O. The number of para-hydroxylation sites is 1. The fourth-order valence-electron chi connectivity index (χ4n) is 4.02. The van der Waals surface area contributed by atoms with Crippen molar-refractivity contribution in [3.63, 3.8) is 0 Å². The maximum Gasteiger partial charge on any atom is 0.326 e. The zero-order valence-corrected chi connectivity index (χ0v) is 22.3. The molecule has 0 aliphatic rings. The highest BCUT2D eigenvalue weighted by Gasteiger charge is 2.26. The second kappa shape index (κ2) is 14.2. The molecule has 3 rings (SSSR count). The summed E-state index contributed by atoms with van der Waals surface area (Å²) in [5.41, 5.74) is 8.50. The number of aromatic nitrogens is 1. The van der Waals surface area contributed by atoms with E-state index in [-0.39, 0.29) is 25.0 Å². The number of aliphatic carboxylic acids is 1. The van der Waals surface area contributed by atoms with E-state index in [0.29, 0.717) is 5.75 Å². The van der Waals surface area contributed by atoms with Crippen LogP contribution >= 0.6 is 11.8 Å². The topological polar surface area (TPSA) is 187 Å². The lowest BCUT2D eigenvalue weighted by Gasteiger charge is -2.21. The molecule has 0 aliphatic heterocycles. The number of hydrogen-bond acceptors (Lipinski definition) is 7. The van der Waals surface area contributed by atoms with Crippen molar-refractivity contribution >= 4 is 46.4 Å². The minimum atomic E-state index is -1.16. The number of fused-ring (bicyclic) bond motifs is 1. The van der Waals surface area contributed by atoms with Gasteiger partial charge in [0, 0.05) is 23.5 Å². The first-order chi connectivity index (χ1) is 18.7. The molecule has 3 aromatic rings. The van der Waals surface area contributed by atoms with Gasteiger partial charge in [-0.25, -0.2) is 4.79 Å². The number of H-pyrrole nitrogens is 1. The number of phenols is 1. The number of carbonyl (C=O) groups excluding carboxylic acids is 3. The van der Waals surface area contributed by atoms with Crippen LogP contribution in [0.2, 0.25) is 0 Å². The van der Waals surface area contributed by atoms with Gasteiger partial charge in [0.2, 0.25) is 17.7 Å². The van der Waals surface area contributed by atoms with E-state index in [4.69, 9.17) is 5.73 Å². The molecule has 39 heavy (non-hydrogen) atoms. The third kappa shape index (κ3) is 8.76. The normalized spacial score (nSPS) is 13.3. The summed E-state index contributed by atoms with van der Waals surface area (Å²) in [6, 6.07) is 10.7. The molecule has 3 amide bonds. The number of hydrogen-bond donors (Lipinski definition) is 7. The largest absolute Gasteiger partial charge is 0.508 e. The van der Waals surface area contributed by atoms with Crippen molar-refractivity contribution in [2.24, 2.45) is 5.73 Å². The molecule has 11 nitrogen and oxygen atoms in total. The first-order valence-electron chi connectivity index (χ1n) is 12.4. The molecule has 3 atom stereocenters. The third-order valence-corrected chi connectivity index (χ3v) is 6.77. The number of nitrogens with two attached hydrogens (primary N) is 1. The fraction of sp³-hybridized carbons (Fsp3) is 0.333. The molecule has 2 aromatic carbocycles. The van der Waals surface area contributed by atoms with Gasteiger partial charge in [-0.2, -0.15) is 11.8 Å². The highest BCUT2D eigenvalue weighted by molar-refractivity contribution is 7.98. The molecule has 1 aromatic heterocycles. The Morgan fingerprint density at radius 2 is 1.69 bits per heavy atom. The maximum absolute atomic E-state index is 13.2. The molecule has 0 saturated heterocycles. The lowest BCUT2D eigenvalue weighted by Crippen LogP contribution is -2.54. The van der Waals surface area contributed by atoms with Crippen LogP contribution < -0.4 is 21.7 Å². The van der Waals surface area contributed by atoms with Crippen LogP contribution in [0, 0.1) is 0 Å². The predicted molar refractivity (Wildman–Crippen MR) is 149 cm³/mol. The van der Waals surface area contributed by atoms with Gasteiger partial charge in [-0.3, -0.25) is 14.4 Å². The van der Waals surface area contributed by atoms with Crippen LogP contribution in [0.1, 0.15) is 17.5 Å². The van der Waals surface area contributed by atoms with E-state index in [0.717, 1.165) is 22.0 Å². The predicted octanol–water partition coefficient (Wildman–Crippen LogP) is 0.910. The van der Waals surface area contributed by atoms with E-state index < -0.39 is 48.4 Å². The van der Waals surface area contributed by atoms with E-state index in [2.05, 4.69) is 20.9 Å². The summed E-state index contributed by atoms with van der Waals surface area (Å²) in [7, 11) is 0. The number of nitrogens with one attached hydrogen (secondary N) is 4. The second-order valence-corrected chi connectivity index (χ2v) is 10.0. The summed E-state index contributed by atoms with van der Waals surface area (Å²) in [6.07, 6.45) is 4.14. The quantitative estimate of drug-likeness (QED) is 0.153. The molecule has 0 saturated carbocycles. The van der Waals surface area contributed by atoms with Crippen molar-refractivity contribution in [1.82, 2.24) is 20.9 Å². The van der Waals surface area contributed by atoms with Crippen LogP contribution in [0.4, 0.5) is 0 Å². The molecule has 0 spiro atoms. The summed E-state index contributed by atoms with van der Waals surface area (Å²) in [4.78, 5) is 53.0. The first-order valence-corrected chi connectivity index (χ1v) is 13.7. The Balaban J connectivity index is 1.69. The van der Waals surface area contributed by atoms with Gasteiger partial charge in [-0.15, -0.1) is 0 Å². The number of phenolic OH excluding ortho intramolecular Hbond substituents is 1. The van der Waals surface area contributed by atoms with Crippen molar-refractivity contribution in [2.75, 3.05) is 18.6 Å². The number of aromatic amines is 1. The van der Waals surface area contributed by atoms with Gasteiger partial charge in [0.15, 0.2) is 0 Å². The molecule has 0 aliphatic carbocycles. The van der Waals surface area contributed by atoms with Crippen molar-refractivity contribution in [1.29, 1.82) is 0 Å². The minimum absolute atomic E-state index is 0.0928. The maximum atomic E-state index is 13.2. The Bertz CT molecular complexity index is 1300. The van der Waals surface area contributed by atoms with Crippen LogP contribution in [-0.2, 0) is 32.0 Å². The number of benzene rings is 2. The molecule has 3 unspecified atom stereocenters. The number of amides is 3. The number of carbonyl (C=O) groups is 4. The molecule has 1 heterocycles. The monoisotopic (exact) mass is 555 g/mol. The van der Waals surface area contributed by atoms with Crippen molar-refractivity contribution in [3.8, 4) is 5.75 Å². The molecule has 208 valence electrons. The lowest BCUT2D eigenvalue weighted by atomic mass is 10.0. The average molecular weight is 556 g/mol. The van der Waals surface area contributed by atoms with E-state index in [9.17, 15) is 29.4 Å². The summed E-state index contributed by atoms with van der Waals surface area (Å²) >= 11 is 1.46. The van der Waals surface area contributed by atoms with E-state index in [1.165, 1.54) is 23.9 Å². The summed E-state index contributed by atoms with van der Waals surface area (Å²) < 4.78 is 0. The minimum Gasteiger partial charge on any atom is -0.508 e. The van der Waals surface area contributed by atoms with Gasteiger partial charge in [-0.05, 0) is 54.2 Å². The van der Waals surface area contributed by atoms with Gasteiger partial charge in [-0.1, -0.05) is 30.3 Å². The Morgan fingerprint density at radius 3 is 2.38 bits per heavy atom.